The molecule has 118 valence electrons. The van der Waals surface area contributed by atoms with Gasteiger partial charge in [-0.3, -0.25) is 4.79 Å². The van der Waals surface area contributed by atoms with E-state index < -0.39 is 0 Å². The molecule has 0 aromatic heterocycles. The molecule has 0 aromatic carbocycles. The number of hydrogen-bond acceptors (Lipinski definition) is 3. The smallest absolute Gasteiger partial charge is 0.239 e. The highest BCUT2D eigenvalue weighted by Crippen LogP contribution is 2.39. The summed E-state index contributed by atoms with van der Waals surface area (Å²) in [5, 5.41) is 13.7. The monoisotopic (exact) mass is 292 g/mol. The maximum Gasteiger partial charge on any atom is 0.239 e. The van der Waals surface area contributed by atoms with Gasteiger partial charge < -0.3 is 15.3 Å². The first kappa shape index (κ1) is 14.0. The van der Waals surface area contributed by atoms with Crippen molar-refractivity contribution in [2.75, 3.05) is 13.1 Å². The quantitative estimate of drug-likeness (QED) is 0.770. The van der Waals surface area contributed by atoms with Crippen LogP contribution < -0.4 is 5.32 Å². The van der Waals surface area contributed by atoms with E-state index in [-0.39, 0.29) is 12.1 Å². The Morgan fingerprint density at radius 3 is 2.62 bits per heavy atom. The highest BCUT2D eigenvalue weighted by atomic mass is 16.3. The number of nitrogens with one attached hydrogen (secondary N) is 1. The lowest BCUT2D eigenvalue weighted by molar-refractivity contribution is -0.134. The van der Waals surface area contributed by atoms with Gasteiger partial charge in [-0.15, -0.1) is 0 Å². The fourth-order valence-corrected chi connectivity index (χ4v) is 5.33. The number of hydrogen-bond donors (Lipinski definition) is 2. The van der Waals surface area contributed by atoms with Crippen molar-refractivity contribution in [3.05, 3.63) is 0 Å². The number of aliphatic hydroxyl groups excluding tert-OH is 1. The number of carbonyl (C=O) groups is 1. The summed E-state index contributed by atoms with van der Waals surface area (Å²) in [6, 6.07) is 0.620. The molecule has 4 rings (SSSR count). The van der Waals surface area contributed by atoms with E-state index in [1.807, 2.05) is 4.90 Å². The number of amides is 1. The number of fused-ring (bicyclic) bond motifs is 2. The van der Waals surface area contributed by atoms with E-state index in [0.29, 0.717) is 23.8 Å². The number of aliphatic hydroxyl groups is 1. The first-order valence-electron chi connectivity index (χ1n) is 8.95. The van der Waals surface area contributed by atoms with Crippen LogP contribution in [0.4, 0.5) is 0 Å². The molecular formula is C17H28N2O2. The first-order valence-corrected chi connectivity index (χ1v) is 8.95. The first-order chi connectivity index (χ1) is 10.2. The van der Waals surface area contributed by atoms with E-state index in [4.69, 9.17) is 0 Å². The predicted molar refractivity (Wildman–Crippen MR) is 80.7 cm³/mol. The van der Waals surface area contributed by atoms with Crippen LogP contribution in [0.2, 0.25) is 0 Å². The van der Waals surface area contributed by atoms with Crippen LogP contribution in [-0.4, -0.2) is 47.2 Å². The van der Waals surface area contributed by atoms with Crippen molar-refractivity contribution in [1.82, 2.24) is 10.2 Å². The maximum absolute atomic E-state index is 12.8. The Hall–Kier alpha value is -0.610. The minimum absolute atomic E-state index is 0.0420. The van der Waals surface area contributed by atoms with Crippen LogP contribution in [0.1, 0.15) is 51.4 Å². The molecule has 0 bridgehead atoms. The van der Waals surface area contributed by atoms with E-state index >= 15 is 0 Å². The highest BCUT2D eigenvalue weighted by molar-refractivity contribution is 5.82. The Labute approximate surface area is 127 Å². The van der Waals surface area contributed by atoms with Gasteiger partial charge in [0.15, 0.2) is 0 Å². The predicted octanol–water partition coefficient (Wildman–Crippen LogP) is 1.53. The molecule has 2 saturated carbocycles. The molecular weight excluding hydrogens is 264 g/mol. The largest absolute Gasteiger partial charge is 0.393 e. The average Bonchev–Trinajstić information content (AvgIpc) is 3.08. The molecule has 0 radical (unpaired) electrons. The standard InChI is InChI=1S/C17H28N2O2/c20-16-8-6-12-9-19(10-13(12)16)17(21)15-7-5-11-3-1-2-4-14(11)18-15/h11-16,18,20H,1-10H2. The van der Waals surface area contributed by atoms with Crippen LogP contribution in [0.15, 0.2) is 0 Å². The van der Waals surface area contributed by atoms with E-state index in [1.165, 1.54) is 32.1 Å². The van der Waals surface area contributed by atoms with Gasteiger partial charge in [0.25, 0.3) is 0 Å². The molecule has 21 heavy (non-hydrogen) atoms. The van der Waals surface area contributed by atoms with Gasteiger partial charge in [0.2, 0.25) is 5.91 Å². The van der Waals surface area contributed by atoms with E-state index in [2.05, 4.69) is 5.32 Å². The summed E-state index contributed by atoms with van der Waals surface area (Å²) in [4.78, 5) is 14.8. The van der Waals surface area contributed by atoms with Crippen molar-refractivity contribution in [1.29, 1.82) is 0 Å². The van der Waals surface area contributed by atoms with Crippen molar-refractivity contribution in [2.45, 2.75) is 69.6 Å². The third kappa shape index (κ3) is 2.50. The molecule has 2 heterocycles. The Morgan fingerprint density at radius 2 is 1.76 bits per heavy atom. The van der Waals surface area contributed by atoms with Gasteiger partial charge in [-0.25, -0.2) is 0 Å². The van der Waals surface area contributed by atoms with Gasteiger partial charge in [0, 0.05) is 25.0 Å². The molecule has 2 aliphatic heterocycles. The summed E-state index contributed by atoms with van der Waals surface area (Å²) in [6.45, 7) is 1.67. The third-order valence-corrected chi connectivity index (χ3v) is 6.58. The molecule has 1 amide bonds. The van der Waals surface area contributed by atoms with E-state index in [0.717, 1.165) is 38.3 Å². The molecule has 0 aromatic rings. The van der Waals surface area contributed by atoms with Gasteiger partial charge in [0.1, 0.15) is 0 Å². The van der Waals surface area contributed by atoms with Crippen molar-refractivity contribution >= 4 is 5.91 Å². The van der Waals surface area contributed by atoms with Crippen LogP contribution in [0, 0.1) is 17.8 Å². The summed E-state index contributed by atoms with van der Waals surface area (Å²) >= 11 is 0. The number of rotatable bonds is 1. The van der Waals surface area contributed by atoms with E-state index in [1.54, 1.807) is 0 Å². The fourth-order valence-electron chi connectivity index (χ4n) is 5.33. The fraction of sp³-hybridized carbons (Fsp3) is 0.941. The zero-order valence-corrected chi connectivity index (χ0v) is 12.8. The third-order valence-electron chi connectivity index (χ3n) is 6.58. The zero-order chi connectivity index (χ0) is 14.4. The van der Waals surface area contributed by atoms with Gasteiger partial charge in [-0.1, -0.05) is 12.8 Å². The highest BCUT2D eigenvalue weighted by Gasteiger charge is 2.45. The molecule has 2 aliphatic carbocycles. The Kier molecular flexibility index (Phi) is 3.70. The normalized spacial score (nSPS) is 46.2. The topological polar surface area (TPSA) is 52.6 Å². The Balaban J connectivity index is 1.37. The van der Waals surface area contributed by atoms with Crippen molar-refractivity contribution in [3.8, 4) is 0 Å². The molecule has 4 fully saturated rings. The molecule has 0 spiro atoms. The van der Waals surface area contributed by atoms with Crippen molar-refractivity contribution in [3.63, 3.8) is 0 Å². The SMILES string of the molecule is O=C(C1CCC2CCCCC2N1)N1CC2CCC(O)C2C1. The Bertz CT molecular complexity index is 414. The lowest BCUT2D eigenvalue weighted by atomic mass is 9.77. The van der Waals surface area contributed by atoms with Crippen LogP contribution >= 0.6 is 0 Å². The lowest BCUT2D eigenvalue weighted by Crippen LogP contribution is -2.55. The summed E-state index contributed by atoms with van der Waals surface area (Å²) < 4.78 is 0. The Morgan fingerprint density at radius 1 is 0.952 bits per heavy atom. The summed E-state index contributed by atoms with van der Waals surface area (Å²) in [5.74, 6) is 2.01. The summed E-state index contributed by atoms with van der Waals surface area (Å²) in [6.07, 6.45) is 9.36. The van der Waals surface area contributed by atoms with Crippen molar-refractivity contribution in [2.24, 2.45) is 17.8 Å². The molecule has 2 N–H and O–H groups in total. The van der Waals surface area contributed by atoms with Gasteiger partial charge in [-0.05, 0) is 50.4 Å². The molecule has 4 nitrogen and oxygen atoms in total. The van der Waals surface area contributed by atoms with Gasteiger partial charge in [-0.2, -0.15) is 0 Å². The van der Waals surface area contributed by atoms with Crippen LogP contribution in [0.5, 0.6) is 0 Å². The number of piperidine rings is 1. The second-order valence-electron chi connectivity index (χ2n) is 7.76. The molecule has 6 unspecified atom stereocenters. The molecule has 2 saturated heterocycles. The second-order valence-corrected chi connectivity index (χ2v) is 7.76. The minimum atomic E-state index is -0.171. The van der Waals surface area contributed by atoms with Crippen LogP contribution in [0.25, 0.3) is 0 Å². The van der Waals surface area contributed by atoms with E-state index in [9.17, 15) is 9.90 Å². The van der Waals surface area contributed by atoms with Crippen molar-refractivity contribution < 1.29 is 9.90 Å². The summed E-state index contributed by atoms with van der Waals surface area (Å²) in [7, 11) is 0. The van der Waals surface area contributed by atoms with Gasteiger partial charge >= 0.3 is 0 Å². The van der Waals surface area contributed by atoms with Crippen LogP contribution in [0.3, 0.4) is 0 Å². The molecule has 6 atom stereocenters. The summed E-state index contributed by atoms with van der Waals surface area (Å²) in [5.41, 5.74) is 0. The number of nitrogens with zero attached hydrogens (tertiary/aromatic N) is 1. The zero-order valence-electron chi connectivity index (χ0n) is 12.8. The number of likely N-dealkylation sites (tertiary alicyclic amines) is 1. The average molecular weight is 292 g/mol. The lowest BCUT2D eigenvalue weighted by Gasteiger charge is -2.41. The van der Waals surface area contributed by atoms with Crippen LogP contribution in [-0.2, 0) is 4.79 Å². The maximum atomic E-state index is 12.8. The minimum Gasteiger partial charge on any atom is -0.393 e. The molecule has 4 aliphatic rings. The van der Waals surface area contributed by atoms with Gasteiger partial charge in [0.05, 0.1) is 12.1 Å². The molecule has 4 heteroatoms. The second kappa shape index (κ2) is 5.54. The number of carbonyl (C=O) groups excluding carboxylic acids is 1.